The lowest BCUT2D eigenvalue weighted by Gasteiger charge is -2.07. The van der Waals surface area contributed by atoms with Crippen LogP contribution in [-0.2, 0) is 6.42 Å². The Balaban J connectivity index is 1.35. The summed E-state index contributed by atoms with van der Waals surface area (Å²) < 4.78 is 3.77. The lowest BCUT2D eigenvalue weighted by atomic mass is 10.1. The molecule has 5 aromatic heterocycles. The molecule has 0 atom stereocenters. The maximum absolute atomic E-state index is 12.5. The Morgan fingerprint density at radius 3 is 2.55 bits per heavy atom. The summed E-state index contributed by atoms with van der Waals surface area (Å²) in [6.45, 7) is 0.528. The van der Waals surface area contributed by atoms with Gasteiger partial charge in [0.1, 0.15) is 5.82 Å². The van der Waals surface area contributed by atoms with Gasteiger partial charge in [-0.2, -0.15) is 5.10 Å². The molecule has 7 heteroatoms. The molecule has 5 heterocycles. The Morgan fingerprint density at radius 1 is 0.903 bits per heavy atom. The first kappa shape index (κ1) is 18.7. The number of amides is 1. The van der Waals surface area contributed by atoms with Gasteiger partial charge in [-0.15, -0.1) is 0 Å². The summed E-state index contributed by atoms with van der Waals surface area (Å²) >= 11 is 0. The van der Waals surface area contributed by atoms with Gasteiger partial charge in [0, 0.05) is 54.8 Å². The predicted octanol–water partition coefficient (Wildman–Crippen LogP) is 3.55. The van der Waals surface area contributed by atoms with E-state index < -0.39 is 0 Å². The van der Waals surface area contributed by atoms with Gasteiger partial charge in [0.05, 0.1) is 0 Å². The minimum Gasteiger partial charge on any atom is -0.350 e. The molecule has 5 rings (SSSR count). The molecule has 0 aromatic carbocycles. The van der Waals surface area contributed by atoms with E-state index in [1.54, 1.807) is 35.5 Å². The number of fused-ring (bicyclic) bond motifs is 1. The third kappa shape index (κ3) is 3.93. The van der Waals surface area contributed by atoms with Crippen LogP contribution in [-0.4, -0.2) is 36.6 Å². The average Bonchev–Trinajstić information content (AvgIpc) is 3.47. The lowest BCUT2D eigenvalue weighted by molar-refractivity contribution is 0.0948. The minimum absolute atomic E-state index is 0.195. The highest BCUT2D eigenvalue weighted by Crippen LogP contribution is 2.22. The minimum atomic E-state index is -0.195. The van der Waals surface area contributed by atoms with Crippen molar-refractivity contribution in [2.45, 2.75) is 6.42 Å². The Bertz CT molecular complexity index is 1320. The van der Waals surface area contributed by atoms with Gasteiger partial charge in [0.2, 0.25) is 0 Å². The number of hydrogen-bond acceptors (Lipinski definition) is 4. The van der Waals surface area contributed by atoms with Crippen molar-refractivity contribution in [2.24, 2.45) is 0 Å². The van der Waals surface area contributed by atoms with Gasteiger partial charge in [-0.25, -0.2) is 4.68 Å². The van der Waals surface area contributed by atoms with Gasteiger partial charge in [0.25, 0.3) is 5.91 Å². The normalized spacial score (nSPS) is 11.0. The monoisotopic (exact) mass is 408 g/mol. The molecule has 0 aliphatic rings. The molecule has 0 fully saturated rings. The molecule has 31 heavy (non-hydrogen) atoms. The van der Waals surface area contributed by atoms with Crippen LogP contribution in [0.5, 0.6) is 0 Å². The van der Waals surface area contributed by atoms with Crippen molar-refractivity contribution in [3.05, 3.63) is 103 Å². The second-order valence-electron chi connectivity index (χ2n) is 7.16. The number of hydrogen-bond donors (Lipinski definition) is 1. The van der Waals surface area contributed by atoms with Crippen molar-refractivity contribution in [1.82, 2.24) is 29.5 Å². The first-order chi connectivity index (χ1) is 15.3. The van der Waals surface area contributed by atoms with E-state index in [0.717, 1.165) is 34.4 Å². The number of aromatic nitrogens is 5. The van der Waals surface area contributed by atoms with Gasteiger partial charge in [-0.05, 0) is 53.9 Å². The van der Waals surface area contributed by atoms with Crippen molar-refractivity contribution in [1.29, 1.82) is 0 Å². The zero-order valence-electron chi connectivity index (χ0n) is 16.7. The molecule has 7 nitrogen and oxygen atoms in total. The van der Waals surface area contributed by atoms with Crippen molar-refractivity contribution < 1.29 is 4.79 Å². The van der Waals surface area contributed by atoms with Crippen LogP contribution in [0.4, 0.5) is 0 Å². The average molecular weight is 408 g/mol. The van der Waals surface area contributed by atoms with Gasteiger partial charge in [0.15, 0.2) is 5.69 Å². The van der Waals surface area contributed by atoms with Crippen molar-refractivity contribution >= 4 is 11.4 Å². The Hall–Kier alpha value is -4.26. The van der Waals surface area contributed by atoms with Crippen LogP contribution in [0.3, 0.4) is 0 Å². The highest BCUT2D eigenvalue weighted by molar-refractivity contribution is 5.92. The third-order valence-corrected chi connectivity index (χ3v) is 5.10. The van der Waals surface area contributed by atoms with Gasteiger partial charge in [-0.3, -0.25) is 14.8 Å². The molecule has 0 aliphatic heterocycles. The smallest absolute Gasteiger partial charge is 0.271 e. The molecule has 0 bridgehead atoms. The summed E-state index contributed by atoms with van der Waals surface area (Å²) in [5.74, 6) is 0.662. The molecule has 1 amide bonds. The number of carbonyl (C=O) groups excluding carboxylic acids is 1. The molecular weight excluding hydrogens is 388 g/mol. The fraction of sp³-hybridized carbons (Fsp3) is 0.0833. The van der Waals surface area contributed by atoms with E-state index in [0.29, 0.717) is 12.2 Å². The highest BCUT2D eigenvalue weighted by atomic mass is 16.1. The van der Waals surface area contributed by atoms with Crippen LogP contribution < -0.4 is 5.32 Å². The molecule has 0 unspecified atom stereocenters. The van der Waals surface area contributed by atoms with Gasteiger partial charge < -0.3 is 9.72 Å². The number of carbonyl (C=O) groups is 1. The van der Waals surface area contributed by atoms with Crippen molar-refractivity contribution in [3.63, 3.8) is 0 Å². The third-order valence-electron chi connectivity index (χ3n) is 5.10. The second kappa shape index (κ2) is 8.23. The molecule has 0 spiro atoms. The zero-order chi connectivity index (χ0) is 21.0. The van der Waals surface area contributed by atoms with Crippen LogP contribution >= 0.6 is 0 Å². The van der Waals surface area contributed by atoms with Crippen LogP contribution in [0, 0.1) is 0 Å². The van der Waals surface area contributed by atoms with E-state index in [4.69, 9.17) is 0 Å². The molecular formula is C24H20N6O. The Labute approximate surface area is 179 Å². The summed E-state index contributed by atoms with van der Waals surface area (Å²) in [4.78, 5) is 20.8. The molecule has 1 N–H and O–H groups in total. The zero-order valence-corrected chi connectivity index (χ0v) is 16.7. The fourth-order valence-corrected chi connectivity index (χ4v) is 3.51. The molecule has 152 valence electrons. The van der Waals surface area contributed by atoms with E-state index in [1.165, 1.54) is 0 Å². The summed E-state index contributed by atoms with van der Waals surface area (Å²) in [5.41, 5.74) is 4.60. The van der Waals surface area contributed by atoms with Crippen LogP contribution in [0.1, 0.15) is 16.1 Å². The van der Waals surface area contributed by atoms with E-state index in [9.17, 15) is 4.79 Å². The predicted molar refractivity (Wildman–Crippen MR) is 118 cm³/mol. The quantitative estimate of drug-likeness (QED) is 0.466. The lowest BCUT2D eigenvalue weighted by Crippen LogP contribution is -2.26. The molecule has 0 radical (unpaired) electrons. The summed E-state index contributed by atoms with van der Waals surface area (Å²) in [6, 6.07) is 17.7. The first-order valence-corrected chi connectivity index (χ1v) is 10.0. The van der Waals surface area contributed by atoms with Crippen LogP contribution in [0.15, 0.2) is 91.8 Å². The maximum Gasteiger partial charge on any atom is 0.271 e. The van der Waals surface area contributed by atoms with E-state index in [-0.39, 0.29) is 5.91 Å². The molecule has 0 saturated heterocycles. The number of nitrogens with zero attached hydrogens (tertiary/aromatic N) is 5. The van der Waals surface area contributed by atoms with Gasteiger partial charge >= 0.3 is 0 Å². The number of pyridine rings is 3. The molecule has 0 saturated carbocycles. The second-order valence-corrected chi connectivity index (χ2v) is 7.16. The Morgan fingerprint density at radius 2 is 1.74 bits per heavy atom. The highest BCUT2D eigenvalue weighted by Gasteiger charge is 2.12. The van der Waals surface area contributed by atoms with Crippen molar-refractivity contribution in [2.75, 3.05) is 6.54 Å². The summed E-state index contributed by atoms with van der Waals surface area (Å²) in [5, 5.41) is 7.41. The summed E-state index contributed by atoms with van der Waals surface area (Å²) in [7, 11) is 0. The largest absolute Gasteiger partial charge is 0.350 e. The van der Waals surface area contributed by atoms with Crippen molar-refractivity contribution in [3.8, 4) is 16.9 Å². The fourth-order valence-electron chi connectivity index (χ4n) is 3.51. The SMILES string of the molecule is O=C(NCCc1cccnc1)c1ccn(-c2ccc3ccc(-c4cccnc4)cn23)n1. The number of nitrogens with one attached hydrogen (secondary N) is 1. The van der Waals surface area contributed by atoms with Gasteiger partial charge in [-0.1, -0.05) is 18.2 Å². The van der Waals surface area contributed by atoms with E-state index >= 15 is 0 Å². The number of rotatable bonds is 6. The van der Waals surface area contributed by atoms with Crippen LogP contribution in [0.2, 0.25) is 0 Å². The van der Waals surface area contributed by atoms with E-state index in [1.807, 2.05) is 42.6 Å². The maximum atomic E-state index is 12.5. The Kier molecular flexibility index (Phi) is 4.98. The van der Waals surface area contributed by atoms with Crippen LogP contribution in [0.25, 0.3) is 22.5 Å². The molecule has 0 aliphatic carbocycles. The summed E-state index contributed by atoms with van der Waals surface area (Å²) in [6.07, 6.45) is 11.7. The van der Waals surface area contributed by atoms with E-state index in [2.05, 4.69) is 43.1 Å². The molecule has 5 aromatic rings. The topological polar surface area (TPSA) is 77.1 Å². The standard InChI is InChI=1S/C24H20N6O/c31-24(27-13-9-18-3-1-11-25-15-18)22-10-14-30(28-22)23-8-7-21-6-5-20(17-29(21)23)19-4-2-12-26-16-19/h1-8,10-12,14-17H,9,13H2,(H,27,31). The first-order valence-electron chi connectivity index (χ1n) is 10.0.